The highest BCUT2D eigenvalue weighted by molar-refractivity contribution is 6.31. The van der Waals surface area contributed by atoms with E-state index in [9.17, 15) is 4.79 Å². The fourth-order valence-corrected chi connectivity index (χ4v) is 1.97. The maximum Gasteiger partial charge on any atom is 0.260 e. The van der Waals surface area contributed by atoms with Gasteiger partial charge in [0.2, 0.25) is 5.91 Å². The second kappa shape index (κ2) is 6.54. The standard InChI is InChI=1S/C15H16ClN3O2/c1-4-14(20)17-12-6-5-10(16)8-11(12)15-18-13(19-21-15)7-9(2)3/h4-6,8-9H,1,7H2,2-3H3,(H,17,20). The van der Waals surface area contributed by atoms with Gasteiger partial charge in [-0.1, -0.05) is 37.2 Å². The van der Waals surface area contributed by atoms with Crippen LogP contribution in [0.3, 0.4) is 0 Å². The Morgan fingerprint density at radius 3 is 2.95 bits per heavy atom. The molecule has 0 unspecified atom stereocenters. The van der Waals surface area contributed by atoms with Crippen LogP contribution in [0.25, 0.3) is 11.5 Å². The van der Waals surface area contributed by atoms with Gasteiger partial charge in [0.05, 0.1) is 11.3 Å². The smallest absolute Gasteiger partial charge is 0.260 e. The number of benzene rings is 1. The average molecular weight is 306 g/mol. The second-order valence-electron chi connectivity index (χ2n) is 5.00. The summed E-state index contributed by atoms with van der Waals surface area (Å²) in [5.41, 5.74) is 1.13. The number of carbonyl (C=O) groups excluding carboxylic acids is 1. The van der Waals surface area contributed by atoms with Gasteiger partial charge in [-0.05, 0) is 30.2 Å². The highest BCUT2D eigenvalue weighted by Crippen LogP contribution is 2.30. The van der Waals surface area contributed by atoms with Gasteiger partial charge in [-0.15, -0.1) is 0 Å². The Hall–Kier alpha value is -2.14. The highest BCUT2D eigenvalue weighted by Gasteiger charge is 2.15. The van der Waals surface area contributed by atoms with Gasteiger partial charge in [0.25, 0.3) is 5.89 Å². The van der Waals surface area contributed by atoms with Crippen LogP contribution in [0.2, 0.25) is 5.02 Å². The van der Waals surface area contributed by atoms with Crippen molar-refractivity contribution in [3.05, 3.63) is 41.7 Å². The summed E-state index contributed by atoms with van der Waals surface area (Å²) in [5, 5.41) is 7.15. The Labute approximate surface area is 128 Å². The predicted molar refractivity (Wildman–Crippen MR) is 82.1 cm³/mol. The molecule has 0 spiro atoms. The molecule has 0 aliphatic carbocycles. The number of hydrogen-bond donors (Lipinski definition) is 1. The summed E-state index contributed by atoms with van der Waals surface area (Å²) in [6, 6.07) is 5.04. The Morgan fingerprint density at radius 1 is 1.52 bits per heavy atom. The van der Waals surface area contributed by atoms with E-state index in [4.69, 9.17) is 16.1 Å². The first-order chi connectivity index (χ1) is 9.99. The minimum Gasteiger partial charge on any atom is -0.334 e. The van der Waals surface area contributed by atoms with Gasteiger partial charge in [-0.25, -0.2) is 0 Å². The summed E-state index contributed by atoms with van der Waals surface area (Å²) in [4.78, 5) is 15.8. The number of rotatable bonds is 5. The molecule has 0 aliphatic heterocycles. The van der Waals surface area contributed by atoms with Crippen molar-refractivity contribution in [1.29, 1.82) is 0 Å². The zero-order valence-electron chi connectivity index (χ0n) is 11.9. The Kier molecular flexibility index (Phi) is 4.75. The second-order valence-corrected chi connectivity index (χ2v) is 5.43. The van der Waals surface area contributed by atoms with E-state index in [-0.39, 0.29) is 5.91 Å². The normalized spacial score (nSPS) is 10.7. The van der Waals surface area contributed by atoms with Crippen LogP contribution in [-0.2, 0) is 11.2 Å². The number of nitrogens with one attached hydrogen (secondary N) is 1. The quantitative estimate of drug-likeness (QED) is 0.855. The molecule has 6 heteroatoms. The molecule has 110 valence electrons. The van der Waals surface area contributed by atoms with E-state index >= 15 is 0 Å². The lowest BCUT2D eigenvalue weighted by Gasteiger charge is -2.07. The average Bonchev–Trinajstić information content (AvgIpc) is 2.88. The third kappa shape index (κ3) is 3.92. The summed E-state index contributed by atoms with van der Waals surface area (Å²) in [7, 11) is 0. The van der Waals surface area contributed by atoms with Gasteiger partial charge in [0.1, 0.15) is 0 Å². The fourth-order valence-electron chi connectivity index (χ4n) is 1.80. The van der Waals surface area contributed by atoms with Crippen LogP contribution < -0.4 is 5.32 Å². The molecule has 0 saturated carbocycles. The molecule has 1 amide bonds. The summed E-state index contributed by atoms with van der Waals surface area (Å²) in [6.07, 6.45) is 1.91. The molecule has 0 fully saturated rings. The lowest BCUT2D eigenvalue weighted by atomic mass is 10.1. The van der Waals surface area contributed by atoms with Crippen molar-refractivity contribution in [3.8, 4) is 11.5 Å². The third-order valence-corrected chi connectivity index (χ3v) is 2.95. The lowest BCUT2D eigenvalue weighted by molar-refractivity contribution is -0.111. The van der Waals surface area contributed by atoms with Crippen molar-refractivity contribution in [2.45, 2.75) is 20.3 Å². The molecule has 0 radical (unpaired) electrons. The molecule has 1 aromatic heterocycles. The zero-order chi connectivity index (χ0) is 15.4. The monoisotopic (exact) mass is 305 g/mol. The molecule has 1 heterocycles. The third-order valence-electron chi connectivity index (χ3n) is 2.71. The maximum atomic E-state index is 11.5. The van der Waals surface area contributed by atoms with Gasteiger partial charge in [0.15, 0.2) is 5.82 Å². The van der Waals surface area contributed by atoms with Crippen LogP contribution in [0.15, 0.2) is 35.4 Å². The molecular formula is C15H16ClN3O2. The number of amides is 1. The molecule has 2 aromatic rings. The Morgan fingerprint density at radius 2 is 2.29 bits per heavy atom. The van der Waals surface area contributed by atoms with Crippen molar-refractivity contribution in [3.63, 3.8) is 0 Å². The van der Waals surface area contributed by atoms with E-state index in [2.05, 4.69) is 35.9 Å². The predicted octanol–water partition coefficient (Wildman–Crippen LogP) is 3.71. The number of nitrogens with zero attached hydrogens (tertiary/aromatic N) is 2. The molecule has 5 nitrogen and oxygen atoms in total. The molecule has 0 saturated heterocycles. The van der Waals surface area contributed by atoms with Crippen LogP contribution in [0.5, 0.6) is 0 Å². The minimum absolute atomic E-state index is 0.319. The largest absolute Gasteiger partial charge is 0.334 e. The van der Waals surface area contributed by atoms with Crippen LogP contribution in [0, 0.1) is 5.92 Å². The summed E-state index contributed by atoms with van der Waals surface area (Å²) in [6.45, 7) is 7.57. The van der Waals surface area contributed by atoms with Crippen molar-refractivity contribution in [2.75, 3.05) is 5.32 Å². The Bertz CT molecular complexity index is 665. The van der Waals surface area contributed by atoms with E-state index in [1.54, 1.807) is 18.2 Å². The number of aromatic nitrogens is 2. The molecule has 21 heavy (non-hydrogen) atoms. The Balaban J connectivity index is 2.37. The SMILES string of the molecule is C=CC(=O)Nc1ccc(Cl)cc1-c1nc(CC(C)C)no1. The first-order valence-electron chi connectivity index (χ1n) is 6.55. The van der Waals surface area contributed by atoms with Crippen LogP contribution in [0.4, 0.5) is 5.69 Å². The molecule has 0 bridgehead atoms. The van der Waals surface area contributed by atoms with Crippen LogP contribution in [-0.4, -0.2) is 16.0 Å². The molecule has 2 rings (SSSR count). The van der Waals surface area contributed by atoms with E-state index in [0.717, 1.165) is 6.42 Å². The van der Waals surface area contributed by atoms with Crippen molar-refractivity contribution >= 4 is 23.2 Å². The van der Waals surface area contributed by atoms with Gasteiger partial charge >= 0.3 is 0 Å². The zero-order valence-corrected chi connectivity index (χ0v) is 12.6. The number of anilines is 1. The highest BCUT2D eigenvalue weighted by atomic mass is 35.5. The number of halogens is 1. The first-order valence-corrected chi connectivity index (χ1v) is 6.93. The summed E-state index contributed by atoms with van der Waals surface area (Å²) in [5.74, 6) is 1.06. The van der Waals surface area contributed by atoms with E-state index in [0.29, 0.717) is 33.9 Å². The molecule has 1 aromatic carbocycles. The maximum absolute atomic E-state index is 11.5. The lowest BCUT2D eigenvalue weighted by Crippen LogP contribution is -2.08. The van der Waals surface area contributed by atoms with E-state index in [1.165, 1.54) is 6.08 Å². The molecule has 0 atom stereocenters. The number of carbonyl (C=O) groups is 1. The summed E-state index contributed by atoms with van der Waals surface area (Å²) >= 11 is 6.01. The van der Waals surface area contributed by atoms with Crippen molar-refractivity contribution < 1.29 is 9.32 Å². The van der Waals surface area contributed by atoms with Crippen LogP contribution >= 0.6 is 11.6 Å². The molecule has 1 N–H and O–H groups in total. The van der Waals surface area contributed by atoms with Crippen molar-refractivity contribution in [1.82, 2.24) is 10.1 Å². The molecule has 0 aliphatic rings. The van der Waals surface area contributed by atoms with Gasteiger partial charge in [-0.2, -0.15) is 4.98 Å². The van der Waals surface area contributed by atoms with Gasteiger partial charge in [0, 0.05) is 11.4 Å². The van der Waals surface area contributed by atoms with Gasteiger partial charge < -0.3 is 9.84 Å². The van der Waals surface area contributed by atoms with Crippen molar-refractivity contribution in [2.24, 2.45) is 5.92 Å². The molecular weight excluding hydrogens is 290 g/mol. The number of hydrogen-bond acceptors (Lipinski definition) is 4. The topological polar surface area (TPSA) is 68.0 Å². The van der Waals surface area contributed by atoms with Crippen LogP contribution in [0.1, 0.15) is 19.7 Å². The fraction of sp³-hybridized carbons (Fsp3) is 0.267. The van der Waals surface area contributed by atoms with Gasteiger partial charge in [-0.3, -0.25) is 4.79 Å². The minimum atomic E-state index is -0.319. The van der Waals surface area contributed by atoms with E-state index < -0.39 is 0 Å². The van der Waals surface area contributed by atoms with E-state index in [1.807, 2.05) is 0 Å². The first kappa shape index (κ1) is 15.3. The summed E-state index contributed by atoms with van der Waals surface area (Å²) < 4.78 is 5.27.